The molecule has 0 aliphatic carbocycles. The third kappa shape index (κ3) is 3.21. The molecule has 1 aromatic carbocycles. The number of nitrogens with one attached hydrogen (secondary N) is 1. The molecule has 4 nitrogen and oxygen atoms in total. The van der Waals surface area contributed by atoms with Crippen LogP contribution in [-0.4, -0.2) is 19.1 Å². The van der Waals surface area contributed by atoms with E-state index in [-0.39, 0.29) is 0 Å². The Morgan fingerprint density at radius 3 is 2.67 bits per heavy atom. The minimum atomic E-state index is 0.572. The van der Waals surface area contributed by atoms with Gasteiger partial charge in [0.1, 0.15) is 11.5 Å². The van der Waals surface area contributed by atoms with E-state index in [0.29, 0.717) is 11.6 Å². The normalized spacial score (nSPS) is 10.1. The molecule has 0 aliphatic heterocycles. The van der Waals surface area contributed by atoms with Crippen LogP contribution in [0.4, 0.5) is 0 Å². The summed E-state index contributed by atoms with van der Waals surface area (Å²) >= 11 is 0. The second kappa shape index (κ2) is 6.02. The molecule has 0 fully saturated rings. The summed E-state index contributed by atoms with van der Waals surface area (Å²) in [5.74, 6) is 2.05. The number of hydrogen-bond acceptors (Lipinski definition) is 4. The highest BCUT2D eigenvalue weighted by atomic mass is 16.5. The zero-order chi connectivity index (χ0) is 12.8. The maximum absolute atomic E-state index is 5.64. The summed E-state index contributed by atoms with van der Waals surface area (Å²) in [6, 6.07) is 11.3. The van der Waals surface area contributed by atoms with E-state index in [9.17, 15) is 0 Å². The number of aromatic nitrogens is 1. The molecule has 0 amide bonds. The molecule has 2 aromatic rings. The van der Waals surface area contributed by atoms with Gasteiger partial charge in [-0.05, 0) is 24.7 Å². The van der Waals surface area contributed by atoms with E-state index in [1.165, 1.54) is 0 Å². The highest BCUT2D eigenvalue weighted by Crippen LogP contribution is 2.23. The summed E-state index contributed by atoms with van der Waals surface area (Å²) in [4.78, 5) is 4.25. The van der Waals surface area contributed by atoms with E-state index in [1.807, 2.05) is 43.4 Å². The number of rotatable bonds is 5. The van der Waals surface area contributed by atoms with Gasteiger partial charge < -0.3 is 14.8 Å². The van der Waals surface area contributed by atoms with Gasteiger partial charge in [-0.1, -0.05) is 12.1 Å². The van der Waals surface area contributed by atoms with E-state index < -0.39 is 0 Å². The molecule has 1 aromatic heterocycles. The topological polar surface area (TPSA) is 43.4 Å². The lowest BCUT2D eigenvalue weighted by Gasteiger charge is -2.07. The van der Waals surface area contributed by atoms with E-state index in [1.54, 1.807) is 13.3 Å². The number of nitrogens with zero attached hydrogens (tertiary/aromatic N) is 1. The number of hydrogen-bond donors (Lipinski definition) is 1. The third-order valence-corrected chi connectivity index (χ3v) is 2.44. The summed E-state index contributed by atoms with van der Waals surface area (Å²) < 4.78 is 10.8. The zero-order valence-electron chi connectivity index (χ0n) is 10.5. The third-order valence-electron chi connectivity index (χ3n) is 2.44. The minimum absolute atomic E-state index is 0.572. The molecule has 0 unspecified atom stereocenters. The molecule has 1 N–H and O–H groups in total. The molecule has 0 saturated carbocycles. The van der Waals surface area contributed by atoms with Crippen molar-refractivity contribution < 1.29 is 9.47 Å². The SMILES string of the molecule is CNCc1ccc(Oc2cccc(OC)c2)nc1. The van der Waals surface area contributed by atoms with Crippen LogP contribution in [0, 0.1) is 0 Å². The maximum Gasteiger partial charge on any atom is 0.219 e. The number of pyridine rings is 1. The first kappa shape index (κ1) is 12.4. The van der Waals surface area contributed by atoms with Gasteiger partial charge in [-0.25, -0.2) is 4.98 Å². The van der Waals surface area contributed by atoms with Crippen molar-refractivity contribution in [2.24, 2.45) is 0 Å². The van der Waals surface area contributed by atoms with Gasteiger partial charge in [-0.15, -0.1) is 0 Å². The zero-order valence-corrected chi connectivity index (χ0v) is 10.5. The molecule has 0 atom stereocenters. The Hall–Kier alpha value is -2.07. The summed E-state index contributed by atoms with van der Waals surface area (Å²) in [7, 11) is 3.53. The Labute approximate surface area is 107 Å². The van der Waals surface area contributed by atoms with Crippen molar-refractivity contribution in [3.63, 3.8) is 0 Å². The average molecular weight is 244 g/mol. The van der Waals surface area contributed by atoms with Gasteiger partial charge in [0.2, 0.25) is 5.88 Å². The number of benzene rings is 1. The molecule has 0 spiro atoms. The Morgan fingerprint density at radius 2 is 2.00 bits per heavy atom. The van der Waals surface area contributed by atoms with Crippen molar-refractivity contribution in [3.8, 4) is 17.4 Å². The molecule has 0 saturated heterocycles. The molecular weight excluding hydrogens is 228 g/mol. The van der Waals surface area contributed by atoms with Gasteiger partial charge in [0.15, 0.2) is 0 Å². The molecule has 2 rings (SSSR count). The summed E-state index contributed by atoms with van der Waals surface area (Å²) in [6.07, 6.45) is 1.80. The van der Waals surface area contributed by atoms with Crippen molar-refractivity contribution in [1.29, 1.82) is 0 Å². The molecule has 0 aliphatic rings. The predicted molar refractivity (Wildman–Crippen MR) is 70.1 cm³/mol. The smallest absolute Gasteiger partial charge is 0.219 e. The van der Waals surface area contributed by atoms with E-state index in [0.717, 1.165) is 17.9 Å². The Morgan fingerprint density at radius 1 is 1.17 bits per heavy atom. The quantitative estimate of drug-likeness (QED) is 0.878. The van der Waals surface area contributed by atoms with Crippen molar-refractivity contribution >= 4 is 0 Å². The van der Waals surface area contributed by atoms with Crippen LogP contribution in [0.25, 0.3) is 0 Å². The molecule has 0 radical (unpaired) electrons. The lowest BCUT2D eigenvalue weighted by molar-refractivity contribution is 0.407. The van der Waals surface area contributed by atoms with Gasteiger partial charge in [0, 0.05) is 24.9 Å². The lowest BCUT2D eigenvalue weighted by atomic mass is 10.3. The molecular formula is C14H16N2O2. The molecule has 4 heteroatoms. The van der Waals surface area contributed by atoms with Crippen molar-refractivity contribution in [2.75, 3.05) is 14.2 Å². The van der Waals surface area contributed by atoms with Gasteiger partial charge >= 0.3 is 0 Å². The Kier molecular flexibility index (Phi) is 4.15. The number of ether oxygens (including phenoxy) is 2. The highest BCUT2D eigenvalue weighted by Gasteiger charge is 2.00. The van der Waals surface area contributed by atoms with Crippen LogP contribution in [0.3, 0.4) is 0 Å². The second-order valence-corrected chi connectivity index (χ2v) is 3.82. The first-order valence-corrected chi connectivity index (χ1v) is 5.73. The Balaban J connectivity index is 2.08. The van der Waals surface area contributed by atoms with Crippen LogP contribution in [0.5, 0.6) is 17.4 Å². The fourth-order valence-electron chi connectivity index (χ4n) is 1.57. The molecule has 94 valence electrons. The standard InChI is InChI=1S/C14H16N2O2/c1-15-9-11-6-7-14(16-10-11)18-13-5-3-4-12(8-13)17-2/h3-8,10,15H,9H2,1-2H3. The van der Waals surface area contributed by atoms with Crippen molar-refractivity contribution in [2.45, 2.75) is 6.54 Å². The van der Waals surface area contributed by atoms with Crippen LogP contribution in [0.15, 0.2) is 42.6 Å². The Bertz CT molecular complexity index is 497. The largest absolute Gasteiger partial charge is 0.497 e. The highest BCUT2D eigenvalue weighted by molar-refractivity contribution is 5.35. The van der Waals surface area contributed by atoms with Crippen LogP contribution in [0.1, 0.15) is 5.56 Å². The van der Waals surface area contributed by atoms with Crippen LogP contribution >= 0.6 is 0 Å². The first-order chi connectivity index (χ1) is 8.81. The molecule has 1 heterocycles. The van der Waals surface area contributed by atoms with Crippen LogP contribution in [-0.2, 0) is 6.54 Å². The van der Waals surface area contributed by atoms with E-state index in [4.69, 9.17) is 9.47 Å². The monoisotopic (exact) mass is 244 g/mol. The van der Waals surface area contributed by atoms with Crippen molar-refractivity contribution in [1.82, 2.24) is 10.3 Å². The molecule has 18 heavy (non-hydrogen) atoms. The fraction of sp³-hybridized carbons (Fsp3) is 0.214. The van der Waals surface area contributed by atoms with E-state index in [2.05, 4.69) is 10.3 Å². The van der Waals surface area contributed by atoms with Gasteiger partial charge in [0.25, 0.3) is 0 Å². The first-order valence-electron chi connectivity index (χ1n) is 5.73. The van der Waals surface area contributed by atoms with Crippen LogP contribution in [0.2, 0.25) is 0 Å². The van der Waals surface area contributed by atoms with Gasteiger partial charge in [0.05, 0.1) is 7.11 Å². The van der Waals surface area contributed by atoms with Crippen molar-refractivity contribution in [3.05, 3.63) is 48.2 Å². The van der Waals surface area contributed by atoms with Gasteiger partial charge in [-0.2, -0.15) is 0 Å². The fourth-order valence-corrected chi connectivity index (χ4v) is 1.57. The average Bonchev–Trinajstić information content (AvgIpc) is 2.42. The summed E-state index contributed by atoms with van der Waals surface area (Å²) in [5.41, 5.74) is 1.12. The van der Waals surface area contributed by atoms with E-state index >= 15 is 0 Å². The summed E-state index contributed by atoms with van der Waals surface area (Å²) in [6.45, 7) is 0.798. The summed E-state index contributed by atoms with van der Waals surface area (Å²) in [5, 5.41) is 3.07. The second-order valence-electron chi connectivity index (χ2n) is 3.82. The lowest BCUT2D eigenvalue weighted by Crippen LogP contribution is -2.05. The predicted octanol–water partition coefficient (Wildman–Crippen LogP) is 2.60. The number of methoxy groups -OCH3 is 1. The van der Waals surface area contributed by atoms with Gasteiger partial charge in [-0.3, -0.25) is 0 Å². The van der Waals surface area contributed by atoms with Crippen LogP contribution < -0.4 is 14.8 Å². The maximum atomic E-state index is 5.64. The minimum Gasteiger partial charge on any atom is -0.497 e. The molecule has 0 bridgehead atoms.